The molecule has 1 fully saturated rings. The van der Waals surface area contributed by atoms with Crippen LogP contribution in [0.25, 0.3) is 10.9 Å². The molecule has 2 aromatic carbocycles. The Bertz CT molecular complexity index is 924. The molecule has 1 aliphatic rings. The molecule has 4 nitrogen and oxygen atoms in total. The van der Waals surface area contributed by atoms with E-state index >= 15 is 0 Å². The average molecular weight is 343 g/mol. The first kappa shape index (κ1) is 15.1. The first-order chi connectivity index (χ1) is 11.6. The molecule has 122 valence electrons. The molecule has 3 N–H and O–H groups in total. The molecule has 0 unspecified atom stereocenters. The molecular formula is C18H16ClFN4. The largest absolute Gasteiger partial charge is 0.398 e. The normalized spacial score (nSPS) is 14.1. The molecule has 4 rings (SSSR count). The van der Waals surface area contributed by atoms with Gasteiger partial charge in [-0.25, -0.2) is 14.4 Å². The summed E-state index contributed by atoms with van der Waals surface area (Å²) in [6.45, 7) is 0. The summed E-state index contributed by atoms with van der Waals surface area (Å²) in [6.07, 6.45) is 5.06. The van der Waals surface area contributed by atoms with Crippen LogP contribution < -0.4 is 11.1 Å². The van der Waals surface area contributed by atoms with Crippen LogP contribution in [-0.4, -0.2) is 9.97 Å². The third-order valence-electron chi connectivity index (χ3n) is 4.28. The SMILES string of the molecule is Nc1cc2c(Nc3ccc(F)c(Cl)c3)ncnc2cc1CC1CC1. The lowest BCUT2D eigenvalue weighted by Crippen LogP contribution is -2.00. The van der Waals surface area contributed by atoms with Crippen LogP contribution in [0.5, 0.6) is 0 Å². The summed E-state index contributed by atoms with van der Waals surface area (Å²) < 4.78 is 13.3. The van der Waals surface area contributed by atoms with Gasteiger partial charge in [-0.2, -0.15) is 0 Å². The number of anilines is 3. The summed E-state index contributed by atoms with van der Waals surface area (Å²) in [5, 5.41) is 4.05. The van der Waals surface area contributed by atoms with Gasteiger partial charge in [0.2, 0.25) is 0 Å². The fourth-order valence-corrected chi connectivity index (χ4v) is 2.96. The number of nitrogens with one attached hydrogen (secondary N) is 1. The van der Waals surface area contributed by atoms with Gasteiger partial charge < -0.3 is 11.1 Å². The highest BCUT2D eigenvalue weighted by atomic mass is 35.5. The van der Waals surface area contributed by atoms with Gasteiger partial charge in [0.05, 0.1) is 10.5 Å². The van der Waals surface area contributed by atoms with Crippen molar-refractivity contribution in [2.75, 3.05) is 11.1 Å². The molecule has 24 heavy (non-hydrogen) atoms. The van der Waals surface area contributed by atoms with Crippen molar-refractivity contribution in [1.29, 1.82) is 0 Å². The van der Waals surface area contributed by atoms with Crippen molar-refractivity contribution >= 4 is 39.7 Å². The molecule has 1 aromatic heterocycles. The van der Waals surface area contributed by atoms with Crippen molar-refractivity contribution in [1.82, 2.24) is 9.97 Å². The molecule has 0 atom stereocenters. The highest BCUT2D eigenvalue weighted by molar-refractivity contribution is 6.31. The first-order valence-corrected chi connectivity index (χ1v) is 8.23. The topological polar surface area (TPSA) is 63.8 Å². The molecule has 3 aromatic rings. The summed E-state index contributed by atoms with van der Waals surface area (Å²) in [6, 6.07) is 8.39. The van der Waals surface area contributed by atoms with Gasteiger partial charge in [0.1, 0.15) is 18.0 Å². The molecule has 0 bridgehead atoms. The summed E-state index contributed by atoms with van der Waals surface area (Å²) in [4.78, 5) is 8.64. The maximum absolute atomic E-state index is 13.3. The molecule has 1 saturated carbocycles. The Morgan fingerprint density at radius 2 is 2.04 bits per heavy atom. The maximum atomic E-state index is 13.3. The molecule has 0 spiro atoms. The van der Waals surface area contributed by atoms with Gasteiger partial charge in [-0.05, 0) is 61.1 Å². The Hall–Kier alpha value is -2.40. The number of rotatable bonds is 4. The van der Waals surface area contributed by atoms with Gasteiger partial charge in [0.15, 0.2) is 0 Å². The molecule has 0 aliphatic heterocycles. The van der Waals surface area contributed by atoms with E-state index in [1.54, 1.807) is 6.07 Å². The zero-order valence-corrected chi connectivity index (χ0v) is 13.6. The summed E-state index contributed by atoms with van der Waals surface area (Å²) in [7, 11) is 0. The number of aromatic nitrogens is 2. The maximum Gasteiger partial charge on any atom is 0.141 e. The lowest BCUT2D eigenvalue weighted by molar-refractivity contribution is 0.628. The summed E-state index contributed by atoms with van der Waals surface area (Å²) >= 11 is 5.83. The Morgan fingerprint density at radius 3 is 2.79 bits per heavy atom. The van der Waals surface area contributed by atoms with Crippen LogP contribution in [0.15, 0.2) is 36.7 Å². The zero-order chi connectivity index (χ0) is 16.7. The van der Waals surface area contributed by atoms with Crippen LogP contribution in [0.2, 0.25) is 5.02 Å². The van der Waals surface area contributed by atoms with Crippen LogP contribution in [-0.2, 0) is 6.42 Å². The quantitative estimate of drug-likeness (QED) is 0.674. The number of nitrogen functional groups attached to an aromatic ring is 1. The number of halogens is 2. The second-order valence-corrected chi connectivity index (χ2v) is 6.60. The molecular weight excluding hydrogens is 327 g/mol. The van der Waals surface area contributed by atoms with Crippen molar-refractivity contribution in [3.63, 3.8) is 0 Å². The van der Waals surface area contributed by atoms with E-state index in [0.29, 0.717) is 11.5 Å². The molecule has 1 heterocycles. The minimum atomic E-state index is -0.455. The third kappa shape index (κ3) is 2.99. The van der Waals surface area contributed by atoms with Gasteiger partial charge in [0, 0.05) is 16.8 Å². The van der Waals surface area contributed by atoms with Crippen molar-refractivity contribution in [2.24, 2.45) is 5.92 Å². The Balaban J connectivity index is 1.72. The van der Waals surface area contributed by atoms with Crippen LogP contribution in [0.1, 0.15) is 18.4 Å². The van der Waals surface area contributed by atoms with E-state index in [9.17, 15) is 4.39 Å². The minimum Gasteiger partial charge on any atom is -0.398 e. The second kappa shape index (κ2) is 5.91. The number of hydrogen-bond donors (Lipinski definition) is 2. The van der Waals surface area contributed by atoms with E-state index in [1.165, 1.54) is 31.3 Å². The van der Waals surface area contributed by atoms with E-state index in [1.807, 2.05) is 12.1 Å². The van der Waals surface area contributed by atoms with Crippen LogP contribution in [0.4, 0.5) is 21.6 Å². The lowest BCUT2D eigenvalue weighted by Gasteiger charge is -2.11. The number of benzene rings is 2. The van der Waals surface area contributed by atoms with E-state index < -0.39 is 5.82 Å². The molecule has 6 heteroatoms. The first-order valence-electron chi connectivity index (χ1n) is 7.85. The Morgan fingerprint density at radius 1 is 1.21 bits per heavy atom. The standard InChI is InChI=1S/C18H16ClFN4/c19-14-7-12(3-4-15(14)20)24-18-13-8-16(21)11(5-10-1-2-10)6-17(13)22-9-23-18/h3-4,6-10H,1-2,5,21H2,(H,22,23,24). The highest BCUT2D eigenvalue weighted by Crippen LogP contribution is 2.36. The molecule has 1 aliphatic carbocycles. The van der Waals surface area contributed by atoms with Gasteiger partial charge in [-0.1, -0.05) is 11.6 Å². The van der Waals surface area contributed by atoms with Crippen molar-refractivity contribution in [3.8, 4) is 0 Å². The van der Waals surface area contributed by atoms with E-state index in [-0.39, 0.29) is 5.02 Å². The van der Waals surface area contributed by atoms with Crippen LogP contribution >= 0.6 is 11.6 Å². The van der Waals surface area contributed by atoms with Gasteiger partial charge in [-0.15, -0.1) is 0 Å². The Labute approximate surface area is 143 Å². The van der Waals surface area contributed by atoms with E-state index in [2.05, 4.69) is 15.3 Å². The fraction of sp³-hybridized carbons (Fsp3) is 0.222. The third-order valence-corrected chi connectivity index (χ3v) is 4.57. The van der Waals surface area contributed by atoms with Crippen LogP contribution in [0.3, 0.4) is 0 Å². The van der Waals surface area contributed by atoms with Crippen molar-refractivity contribution < 1.29 is 4.39 Å². The lowest BCUT2D eigenvalue weighted by atomic mass is 10.0. The fourth-order valence-electron chi connectivity index (χ4n) is 2.78. The minimum absolute atomic E-state index is 0.0598. The van der Waals surface area contributed by atoms with Crippen LogP contribution in [0, 0.1) is 11.7 Å². The smallest absolute Gasteiger partial charge is 0.141 e. The summed E-state index contributed by atoms with van der Waals surface area (Å²) in [5.74, 6) is 0.918. The molecule has 0 radical (unpaired) electrons. The number of nitrogens with two attached hydrogens (primary N) is 1. The van der Waals surface area contributed by atoms with Crippen molar-refractivity contribution in [3.05, 3.63) is 53.1 Å². The predicted octanol–water partition coefficient (Wildman–Crippen LogP) is 4.70. The van der Waals surface area contributed by atoms with Gasteiger partial charge in [-0.3, -0.25) is 0 Å². The second-order valence-electron chi connectivity index (χ2n) is 6.19. The van der Waals surface area contributed by atoms with Crippen molar-refractivity contribution in [2.45, 2.75) is 19.3 Å². The van der Waals surface area contributed by atoms with Gasteiger partial charge in [0.25, 0.3) is 0 Å². The van der Waals surface area contributed by atoms with E-state index in [0.717, 1.165) is 34.5 Å². The monoisotopic (exact) mass is 342 g/mol. The van der Waals surface area contributed by atoms with E-state index in [4.69, 9.17) is 17.3 Å². The Kier molecular flexibility index (Phi) is 3.73. The summed E-state index contributed by atoms with van der Waals surface area (Å²) in [5.41, 5.74) is 9.60. The van der Waals surface area contributed by atoms with Gasteiger partial charge >= 0.3 is 0 Å². The number of nitrogens with zero attached hydrogens (tertiary/aromatic N) is 2. The molecule has 0 saturated heterocycles. The number of hydrogen-bond acceptors (Lipinski definition) is 4. The highest BCUT2D eigenvalue weighted by Gasteiger charge is 2.23. The molecule has 0 amide bonds. The average Bonchev–Trinajstić information content (AvgIpc) is 3.36. The predicted molar refractivity (Wildman–Crippen MR) is 95.1 cm³/mol. The zero-order valence-electron chi connectivity index (χ0n) is 12.9. The number of fused-ring (bicyclic) bond motifs is 1.